The maximum atomic E-state index is 11.0. The van der Waals surface area contributed by atoms with E-state index in [1.165, 1.54) is 44.9 Å². The van der Waals surface area contributed by atoms with Crippen LogP contribution in [0.1, 0.15) is 85.0 Å². The molecule has 1 fully saturated rings. The first-order valence-corrected chi connectivity index (χ1v) is 9.62. The molecule has 3 unspecified atom stereocenters. The number of carboxylic acid groups (broad SMARTS) is 1. The molecule has 0 amide bonds. The monoisotopic (exact) mass is 340 g/mol. The Balaban J connectivity index is 2.05. The smallest absolute Gasteiger partial charge is 0.309 e. The molecule has 24 heavy (non-hydrogen) atoms. The molecule has 1 heterocycles. The van der Waals surface area contributed by atoms with Crippen LogP contribution < -0.4 is 0 Å². The summed E-state index contributed by atoms with van der Waals surface area (Å²) in [5, 5.41) is 19.0. The SMILES string of the molecule is CCCCCCCCCC1OC1/C=C/C(O)CCC(C)(C)C(=O)O. The lowest BCUT2D eigenvalue weighted by molar-refractivity contribution is -0.147. The lowest BCUT2D eigenvalue weighted by atomic mass is 9.87. The Hall–Kier alpha value is -0.870. The molecular weight excluding hydrogens is 304 g/mol. The molecule has 0 radical (unpaired) electrons. The van der Waals surface area contributed by atoms with Crippen molar-refractivity contribution in [2.75, 3.05) is 0 Å². The molecule has 4 nitrogen and oxygen atoms in total. The third-order valence-corrected chi connectivity index (χ3v) is 4.88. The second kappa shape index (κ2) is 10.9. The second-order valence-electron chi connectivity index (χ2n) is 7.73. The highest BCUT2D eigenvalue weighted by atomic mass is 16.6. The van der Waals surface area contributed by atoms with E-state index in [0.29, 0.717) is 18.9 Å². The largest absolute Gasteiger partial charge is 0.481 e. The van der Waals surface area contributed by atoms with Crippen molar-refractivity contribution in [3.8, 4) is 0 Å². The minimum absolute atomic E-state index is 0.146. The minimum atomic E-state index is -0.820. The number of epoxide rings is 1. The van der Waals surface area contributed by atoms with Gasteiger partial charge in [-0.1, -0.05) is 64.0 Å². The molecule has 0 aromatic carbocycles. The maximum absolute atomic E-state index is 11.0. The highest BCUT2D eigenvalue weighted by molar-refractivity contribution is 5.73. The van der Waals surface area contributed by atoms with E-state index in [-0.39, 0.29) is 6.10 Å². The molecule has 1 saturated heterocycles. The minimum Gasteiger partial charge on any atom is -0.481 e. The van der Waals surface area contributed by atoms with Crippen molar-refractivity contribution in [1.29, 1.82) is 0 Å². The van der Waals surface area contributed by atoms with E-state index < -0.39 is 17.5 Å². The Bertz CT molecular complexity index is 389. The highest BCUT2D eigenvalue weighted by Crippen LogP contribution is 2.29. The molecular formula is C20H36O4. The fraction of sp³-hybridized carbons (Fsp3) is 0.850. The van der Waals surface area contributed by atoms with E-state index in [2.05, 4.69) is 6.92 Å². The number of rotatable bonds is 14. The molecule has 0 spiro atoms. The van der Waals surface area contributed by atoms with Crippen LogP contribution >= 0.6 is 0 Å². The standard InChI is InChI=1S/C20H36O4/c1-4-5-6-7-8-9-10-11-17-18(24-17)13-12-16(21)14-15-20(2,3)19(22)23/h12-13,16-18,21H,4-11,14-15H2,1-3H3,(H,22,23)/b13-12+. The van der Waals surface area contributed by atoms with E-state index in [1.807, 2.05) is 6.08 Å². The fourth-order valence-electron chi connectivity index (χ4n) is 2.81. The number of hydrogen-bond donors (Lipinski definition) is 2. The third kappa shape index (κ3) is 8.84. The molecule has 0 aromatic heterocycles. The lowest BCUT2D eigenvalue weighted by Crippen LogP contribution is -2.25. The van der Waals surface area contributed by atoms with Gasteiger partial charge in [-0.05, 0) is 33.1 Å². The summed E-state index contributed by atoms with van der Waals surface area (Å²) < 4.78 is 5.60. The number of hydrogen-bond acceptors (Lipinski definition) is 3. The Morgan fingerprint density at radius 2 is 1.79 bits per heavy atom. The summed E-state index contributed by atoms with van der Waals surface area (Å²) in [6.45, 7) is 5.62. The Kier molecular flexibility index (Phi) is 9.60. The molecule has 0 saturated carbocycles. The van der Waals surface area contributed by atoms with Crippen molar-refractivity contribution < 1.29 is 19.7 Å². The maximum Gasteiger partial charge on any atom is 0.309 e. The number of aliphatic hydroxyl groups excluding tert-OH is 1. The summed E-state index contributed by atoms with van der Waals surface area (Å²) in [5.74, 6) is -0.820. The van der Waals surface area contributed by atoms with Gasteiger partial charge in [0.1, 0.15) is 6.10 Å². The summed E-state index contributed by atoms with van der Waals surface area (Å²) in [7, 11) is 0. The molecule has 1 rings (SSSR count). The zero-order chi connectivity index (χ0) is 18.0. The van der Waals surface area contributed by atoms with Crippen LogP contribution in [-0.2, 0) is 9.53 Å². The molecule has 1 aliphatic heterocycles. The van der Waals surface area contributed by atoms with Crippen molar-refractivity contribution in [2.45, 2.75) is 103 Å². The normalized spacial score (nSPS) is 22.0. The average Bonchev–Trinajstić information content (AvgIpc) is 3.28. The quantitative estimate of drug-likeness (QED) is 0.273. The van der Waals surface area contributed by atoms with Gasteiger partial charge in [-0.15, -0.1) is 0 Å². The molecule has 4 heteroatoms. The summed E-state index contributed by atoms with van der Waals surface area (Å²) in [6.07, 6.45) is 14.8. The number of aliphatic hydroxyl groups is 1. The van der Waals surface area contributed by atoms with Crippen LogP contribution in [0.25, 0.3) is 0 Å². The fourth-order valence-corrected chi connectivity index (χ4v) is 2.81. The Morgan fingerprint density at radius 1 is 1.17 bits per heavy atom. The second-order valence-corrected chi connectivity index (χ2v) is 7.73. The topological polar surface area (TPSA) is 70.1 Å². The molecule has 1 aliphatic rings. The van der Waals surface area contributed by atoms with Crippen LogP contribution in [0, 0.1) is 5.41 Å². The number of ether oxygens (including phenoxy) is 1. The van der Waals surface area contributed by atoms with Gasteiger partial charge in [0, 0.05) is 0 Å². The van der Waals surface area contributed by atoms with Crippen LogP contribution in [0.4, 0.5) is 0 Å². The molecule has 140 valence electrons. The molecule has 0 aromatic rings. The van der Waals surface area contributed by atoms with Crippen LogP contribution in [0.15, 0.2) is 12.2 Å². The van der Waals surface area contributed by atoms with Gasteiger partial charge in [-0.25, -0.2) is 0 Å². The summed E-state index contributed by atoms with van der Waals surface area (Å²) in [5.41, 5.74) is -0.787. The number of carboxylic acids is 1. The zero-order valence-electron chi connectivity index (χ0n) is 15.7. The predicted molar refractivity (Wildman–Crippen MR) is 97.1 cm³/mol. The Morgan fingerprint density at radius 3 is 2.42 bits per heavy atom. The highest BCUT2D eigenvalue weighted by Gasteiger charge is 2.35. The average molecular weight is 341 g/mol. The van der Waals surface area contributed by atoms with E-state index in [0.717, 1.165) is 6.42 Å². The van der Waals surface area contributed by atoms with Crippen LogP contribution in [-0.4, -0.2) is 34.5 Å². The first-order chi connectivity index (χ1) is 11.4. The Labute approximate surface area is 147 Å². The van der Waals surface area contributed by atoms with E-state index in [1.54, 1.807) is 19.9 Å². The van der Waals surface area contributed by atoms with Gasteiger partial charge in [0.2, 0.25) is 0 Å². The van der Waals surface area contributed by atoms with Gasteiger partial charge in [0.15, 0.2) is 0 Å². The number of carbonyl (C=O) groups is 1. The zero-order valence-corrected chi connectivity index (χ0v) is 15.7. The number of unbranched alkanes of at least 4 members (excludes halogenated alkanes) is 6. The van der Waals surface area contributed by atoms with Crippen LogP contribution in [0.2, 0.25) is 0 Å². The third-order valence-electron chi connectivity index (χ3n) is 4.88. The molecule has 0 bridgehead atoms. The number of aliphatic carboxylic acids is 1. The van der Waals surface area contributed by atoms with Crippen molar-refractivity contribution in [3.63, 3.8) is 0 Å². The molecule has 0 aliphatic carbocycles. The van der Waals surface area contributed by atoms with Crippen molar-refractivity contribution >= 4 is 5.97 Å². The van der Waals surface area contributed by atoms with Crippen LogP contribution in [0.3, 0.4) is 0 Å². The summed E-state index contributed by atoms with van der Waals surface area (Å²) in [6, 6.07) is 0. The predicted octanol–water partition coefficient (Wildman–Crippen LogP) is 4.70. The summed E-state index contributed by atoms with van der Waals surface area (Å²) >= 11 is 0. The van der Waals surface area contributed by atoms with Crippen LogP contribution in [0.5, 0.6) is 0 Å². The van der Waals surface area contributed by atoms with Gasteiger partial charge in [0.25, 0.3) is 0 Å². The molecule has 2 N–H and O–H groups in total. The van der Waals surface area contributed by atoms with Crippen molar-refractivity contribution in [2.24, 2.45) is 5.41 Å². The van der Waals surface area contributed by atoms with Crippen molar-refractivity contribution in [3.05, 3.63) is 12.2 Å². The van der Waals surface area contributed by atoms with Gasteiger partial charge in [-0.3, -0.25) is 4.79 Å². The first kappa shape index (κ1) is 21.2. The van der Waals surface area contributed by atoms with Gasteiger partial charge in [0.05, 0.1) is 17.6 Å². The first-order valence-electron chi connectivity index (χ1n) is 9.62. The summed E-state index contributed by atoms with van der Waals surface area (Å²) in [4.78, 5) is 11.0. The van der Waals surface area contributed by atoms with Gasteiger partial charge in [-0.2, -0.15) is 0 Å². The van der Waals surface area contributed by atoms with Gasteiger partial charge < -0.3 is 14.9 Å². The van der Waals surface area contributed by atoms with E-state index in [4.69, 9.17) is 9.84 Å². The van der Waals surface area contributed by atoms with Gasteiger partial charge >= 0.3 is 5.97 Å². The van der Waals surface area contributed by atoms with E-state index in [9.17, 15) is 9.90 Å². The van der Waals surface area contributed by atoms with Crippen molar-refractivity contribution in [1.82, 2.24) is 0 Å². The molecule has 3 atom stereocenters. The van der Waals surface area contributed by atoms with E-state index >= 15 is 0 Å². The lowest BCUT2D eigenvalue weighted by Gasteiger charge is -2.19.